The fourth-order valence-electron chi connectivity index (χ4n) is 2.85. The van der Waals surface area contributed by atoms with Crippen LogP contribution in [0, 0.1) is 0 Å². The highest BCUT2D eigenvalue weighted by atomic mass is 16.5. The number of aromatic nitrogens is 3. The van der Waals surface area contributed by atoms with Crippen molar-refractivity contribution in [2.24, 2.45) is 0 Å². The van der Waals surface area contributed by atoms with E-state index in [1.54, 1.807) is 20.4 Å². The van der Waals surface area contributed by atoms with E-state index in [1.807, 2.05) is 54.6 Å². The van der Waals surface area contributed by atoms with Crippen LogP contribution in [0.4, 0.5) is 0 Å². The van der Waals surface area contributed by atoms with Crippen LogP contribution in [0.2, 0.25) is 0 Å². The van der Waals surface area contributed by atoms with E-state index in [0.29, 0.717) is 5.88 Å². The van der Waals surface area contributed by atoms with E-state index in [0.717, 1.165) is 33.9 Å². The van der Waals surface area contributed by atoms with Gasteiger partial charge in [-0.3, -0.25) is 4.57 Å². The van der Waals surface area contributed by atoms with Gasteiger partial charge in [0, 0.05) is 11.6 Å². The first-order chi connectivity index (χ1) is 12.3. The summed E-state index contributed by atoms with van der Waals surface area (Å²) in [5.74, 6) is 2.26. The SMILES string of the molecule is COc1ccc(-c2nc3ccccc3n2-c2ccc(OC)nc2)cc1. The molecule has 0 N–H and O–H groups in total. The monoisotopic (exact) mass is 331 g/mol. The van der Waals surface area contributed by atoms with E-state index >= 15 is 0 Å². The predicted octanol–water partition coefficient (Wildman–Crippen LogP) is 4.10. The molecule has 4 rings (SSSR count). The molecule has 4 aromatic rings. The van der Waals surface area contributed by atoms with Gasteiger partial charge in [0.15, 0.2) is 0 Å². The minimum Gasteiger partial charge on any atom is -0.497 e. The van der Waals surface area contributed by atoms with Gasteiger partial charge in [0.1, 0.15) is 11.6 Å². The highest BCUT2D eigenvalue weighted by Gasteiger charge is 2.14. The van der Waals surface area contributed by atoms with E-state index in [-0.39, 0.29) is 0 Å². The van der Waals surface area contributed by atoms with E-state index in [9.17, 15) is 0 Å². The van der Waals surface area contributed by atoms with E-state index in [1.165, 1.54) is 0 Å². The summed E-state index contributed by atoms with van der Waals surface area (Å²) >= 11 is 0. The Bertz CT molecular complexity index is 1010. The van der Waals surface area contributed by atoms with Gasteiger partial charge in [0.25, 0.3) is 0 Å². The van der Waals surface area contributed by atoms with Gasteiger partial charge in [-0.05, 0) is 42.5 Å². The number of methoxy groups -OCH3 is 2. The van der Waals surface area contributed by atoms with Crippen LogP contribution in [-0.2, 0) is 0 Å². The summed E-state index contributed by atoms with van der Waals surface area (Å²) in [7, 11) is 3.27. The first-order valence-corrected chi connectivity index (χ1v) is 7.92. The van der Waals surface area contributed by atoms with Crippen LogP contribution in [0.1, 0.15) is 0 Å². The Morgan fingerprint density at radius 3 is 2.32 bits per heavy atom. The maximum Gasteiger partial charge on any atom is 0.213 e. The molecular weight excluding hydrogens is 314 g/mol. The molecule has 2 aromatic heterocycles. The van der Waals surface area contributed by atoms with Crippen molar-refractivity contribution >= 4 is 11.0 Å². The zero-order valence-electron chi connectivity index (χ0n) is 14.0. The van der Waals surface area contributed by atoms with Gasteiger partial charge in [0.2, 0.25) is 5.88 Å². The van der Waals surface area contributed by atoms with Crippen LogP contribution in [0.15, 0.2) is 66.9 Å². The maximum atomic E-state index is 5.25. The molecule has 0 aliphatic heterocycles. The van der Waals surface area contributed by atoms with Crippen molar-refractivity contribution in [3.8, 4) is 28.7 Å². The van der Waals surface area contributed by atoms with Gasteiger partial charge in [0.05, 0.1) is 37.1 Å². The third-order valence-electron chi connectivity index (χ3n) is 4.10. The van der Waals surface area contributed by atoms with Crippen LogP contribution in [-0.4, -0.2) is 28.8 Å². The lowest BCUT2D eigenvalue weighted by Gasteiger charge is -2.10. The Morgan fingerprint density at radius 1 is 0.840 bits per heavy atom. The molecular formula is C20H17N3O2. The number of hydrogen-bond donors (Lipinski definition) is 0. The first-order valence-electron chi connectivity index (χ1n) is 7.92. The third-order valence-corrected chi connectivity index (χ3v) is 4.10. The smallest absolute Gasteiger partial charge is 0.213 e. The van der Waals surface area contributed by atoms with Gasteiger partial charge in [-0.15, -0.1) is 0 Å². The molecule has 0 bridgehead atoms. The molecule has 5 nitrogen and oxygen atoms in total. The van der Waals surface area contributed by atoms with Crippen LogP contribution < -0.4 is 9.47 Å². The lowest BCUT2D eigenvalue weighted by molar-refractivity contribution is 0.398. The summed E-state index contributed by atoms with van der Waals surface area (Å²) in [5, 5.41) is 0. The summed E-state index contributed by atoms with van der Waals surface area (Å²) in [6.07, 6.45) is 1.79. The number of fused-ring (bicyclic) bond motifs is 1. The van der Waals surface area contributed by atoms with E-state index in [4.69, 9.17) is 14.5 Å². The molecule has 0 aliphatic rings. The molecule has 2 aromatic carbocycles. The van der Waals surface area contributed by atoms with E-state index in [2.05, 4.69) is 15.6 Å². The van der Waals surface area contributed by atoms with Crippen LogP contribution in [0.5, 0.6) is 11.6 Å². The Morgan fingerprint density at radius 2 is 1.64 bits per heavy atom. The number of rotatable bonds is 4. The number of nitrogens with zero attached hydrogens (tertiary/aromatic N) is 3. The number of imidazole rings is 1. The topological polar surface area (TPSA) is 49.2 Å². The Balaban J connectivity index is 1.93. The zero-order valence-corrected chi connectivity index (χ0v) is 14.0. The van der Waals surface area contributed by atoms with E-state index < -0.39 is 0 Å². The summed E-state index contributed by atoms with van der Waals surface area (Å²) in [4.78, 5) is 9.15. The molecule has 124 valence electrons. The molecule has 0 saturated carbocycles. The average Bonchev–Trinajstić information content (AvgIpc) is 3.07. The third kappa shape index (κ3) is 2.70. The fraction of sp³-hybridized carbons (Fsp3) is 0.100. The molecule has 0 spiro atoms. The molecule has 0 atom stereocenters. The standard InChI is InChI=1S/C20H17N3O2/c1-24-16-10-7-14(8-11-16)20-22-17-5-3-4-6-18(17)23(20)15-9-12-19(25-2)21-13-15/h3-13H,1-2H3. The maximum absolute atomic E-state index is 5.25. The van der Waals surface area contributed by atoms with Crippen LogP contribution in [0.3, 0.4) is 0 Å². The highest BCUT2D eigenvalue weighted by Crippen LogP contribution is 2.29. The van der Waals surface area contributed by atoms with Crippen molar-refractivity contribution in [2.75, 3.05) is 14.2 Å². The number of pyridine rings is 1. The average molecular weight is 331 g/mol. The summed E-state index contributed by atoms with van der Waals surface area (Å²) in [6.45, 7) is 0. The second-order valence-corrected chi connectivity index (χ2v) is 5.55. The van der Waals surface area contributed by atoms with Crippen molar-refractivity contribution < 1.29 is 9.47 Å². The minimum atomic E-state index is 0.583. The van der Waals surface area contributed by atoms with Gasteiger partial charge in [-0.2, -0.15) is 0 Å². The highest BCUT2D eigenvalue weighted by molar-refractivity contribution is 5.83. The molecule has 5 heteroatoms. The zero-order chi connectivity index (χ0) is 17.2. The Kier molecular flexibility index (Phi) is 3.82. The van der Waals surface area contributed by atoms with Crippen LogP contribution >= 0.6 is 0 Å². The van der Waals surface area contributed by atoms with Crippen molar-refractivity contribution in [3.63, 3.8) is 0 Å². The molecule has 0 amide bonds. The lowest BCUT2D eigenvalue weighted by atomic mass is 10.2. The quantitative estimate of drug-likeness (QED) is 0.565. The van der Waals surface area contributed by atoms with Crippen molar-refractivity contribution in [1.29, 1.82) is 0 Å². The van der Waals surface area contributed by atoms with Crippen molar-refractivity contribution in [1.82, 2.24) is 14.5 Å². The molecule has 0 unspecified atom stereocenters. The molecule has 0 aliphatic carbocycles. The first kappa shape index (κ1) is 15.2. The molecule has 0 radical (unpaired) electrons. The van der Waals surface area contributed by atoms with Gasteiger partial charge in [-0.25, -0.2) is 9.97 Å². The molecule has 2 heterocycles. The van der Waals surface area contributed by atoms with Crippen molar-refractivity contribution in [2.45, 2.75) is 0 Å². The largest absolute Gasteiger partial charge is 0.497 e. The van der Waals surface area contributed by atoms with Crippen LogP contribution in [0.25, 0.3) is 28.1 Å². The minimum absolute atomic E-state index is 0.583. The second-order valence-electron chi connectivity index (χ2n) is 5.55. The number of para-hydroxylation sites is 2. The summed E-state index contributed by atoms with van der Waals surface area (Å²) in [5.41, 5.74) is 3.90. The van der Waals surface area contributed by atoms with Crippen molar-refractivity contribution in [3.05, 3.63) is 66.9 Å². The van der Waals surface area contributed by atoms with Gasteiger partial charge >= 0.3 is 0 Å². The predicted molar refractivity (Wildman–Crippen MR) is 97.4 cm³/mol. The van der Waals surface area contributed by atoms with Gasteiger partial charge in [-0.1, -0.05) is 12.1 Å². The summed E-state index contributed by atoms with van der Waals surface area (Å²) < 4.78 is 12.5. The number of hydrogen-bond acceptors (Lipinski definition) is 4. The number of ether oxygens (including phenoxy) is 2. The van der Waals surface area contributed by atoms with Gasteiger partial charge < -0.3 is 9.47 Å². The molecule has 0 saturated heterocycles. The number of benzene rings is 2. The Labute approximate surface area is 145 Å². The Hall–Kier alpha value is -3.34. The molecule has 25 heavy (non-hydrogen) atoms. The second kappa shape index (κ2) is 6.28. The molecule has 0 fully saturated rings. The normalized spacial score (nSPS) is 10.8. The fourth-order valence-corrected chi connectivity index (χ4v) is 2.85. The lowest BCUT2D eigenvalue weighted by Crippen LogP contribution is -1.99. The summed E-state index contributed by atoms with van der Waals surface area (Å²) in [6, 6.07) is 19.8.